The van der Waals surface area contributed by atoms with Gasteiger partial charge in [-0.15, -0.1) is 11.3 Å². The van der Waals surface area contributed by atoms with Gasteiger partial charge in [0.15, 0.2) is 0 Å². The molecule has 26 heavy (non-hydrogen) atoms. The molecule has 0 radical (unpaired) electrons. The van der Waals surface area contributed by atoms with Crippen LogP contribution in [0.15, 0.2) is 17.5 Å². The summed E-state index contributed by atoms with van der Waals surface area (Å²) in [6, 6.07) is 3.00. The topological polar surface area (TPSA) is 73.0 Å². The Morgan fingerprint density at radius 2 is 1.77 bits per heavy atom. The van der Waals surface area contributed by atoms with Gasteiger partial charge in [0.2, 0.25) is 11.8 Å². The van der Waals surface area contributed by atoms with Crippen LogP contribution in [0.25, 0.3) is 0 Å². The van der Waals surface area contributed by atoms with Gasteiger partial charge in [-0.25, -0.2) is 0 Å². The molecule has 142 valence electrons. The van der Waals surface area contributed by atoms with Crippen molar-refractivity contribution in [1.82, 2.24) is 20.0 Å². The van der Waals surface area contributed by atoms with Crippen molar-refractivity contribution in [3.63, 3.8) is 0 Å². The predicted octanol–water partition coefficient (Wildman–Crippen LogP) is 0.633. The van der Waals surface area contributed by atoms with Crippen molar-refractivity contribution < 1.29 is 14.4 Å². The van der Waals surface area contributed by atoms with Crippen molar-refractivity contribution in [2.75, 3.05) is 45.8 Å². The number of likely N-dealkylation sites (tertiary alicyclic amines) is 1. The Kier molecular flexibility index (Phi) is 6.26. The molecule has 0 saturated carbocycles. The summed E-state index contributed by atoms with van der Waals surface area (Å²) < 4.78 is 0. The molecule has 2 aliphatic rings. The van der Waals surface area contributed by atoms with Gasteiger partial charge in [0.25, 0.3) is 5.91 Å². The number of rotatable bonds is 5. The van der Waals surface area contributed by atoms with Crippen molar-refractivity contribution >= 4 is 29.1 Å². The summed E-state index contributed by atoms with van der Waals surface area (Å²) in [6.07, 6.45) is 2.20. The molecule has 0 aromatic carbocycles. The zero-order valence-corrected chi connectivity index (χ0v) is 16.0. The van der Waals surface area contributed by atoms with E-state index in [1.807, 2.05) is 16.3 Å². The van der Waals surface area contributed by atoms with E-state index in [2.05, 4.69) is 10.2 Å². The number of carbonyl (C=O) groups is 3. The summed E-state index contributed by atoms with van der Waals surface area (Å²) in [5.74, 6) is -0.0880. The molecular formula is C18H26N4O3S. The van der Waals surface area contributed by atoms with E-state index < -0.39 is 6.04 Å². The summed E-state index contributed by atoms with van der Waals surface area (Å²) >= 11 is 1.36. The molecule has 8 heteroatoms. The molecule has 0 aliphatic carbocycles. The monoisotopic (exact) mass is 378 g/mol. The molecule has 0 bridgehead atoms. The van der Waals surface area contributed by atoms with Gasteiger partial charge in [-0.3, -0.25) is 19.3 Å². The fraction of sp³-hybridized carbons (Fsp3) is 0.611. The van der Waals surface area contributed by atoms with Crippen LogP contribution in [0, 0.1) is 0 Å². The van der Waals surface area contributed by atoms with Crippen LogP contribution in [-0.4, -0.2) is 84.3 Å². The molecule has 0 spiro atoms. The van der Waals surface area contributed by atoms with Crippen molar-refractivity contribution in [1.29, 1.82) is 0 Å². The zero-order valence-electron chi connectivity index (χ0n) is 15.1. The third kappa shape index (κ3) is 4.62. The molecule has 2 aliphatic heterocycles. The number of piperazine rings is 1. The van der Waals surface area contributed by atoms with Crippen LogP contribution >= 0.6 is 11.3 Å². The number of nitrogens with one attached hydrogen (secondary N) is 1. The first-order valence-electron chi connectivity index (χ1n) is 9.18. The lowest BCUT2D eigenvalue weighted by Gasteiger charge is -2.36. The van der Waals surface area contributed by atoms with Crippen LogP contribution in [0.2, 0.25) is 0 Å². The summed E-state index contributed by atoms with van der Waals surface area (Å²) in [6.45, 7) is 6.46. The number of amides is 3. The maximum absolute atomic E-state index is 12.6. The minimum absolute atomic E-state index is 0.0691. The Morgan fingerprint density at radius 3 is 2.38 bits per heavy atom. The maximum atomic E-state index is 12.6. The number of hydrogen-bond acceptors (Lipinski definition) is 5. The highest BCUT2D eigenvalue weighted by Crippen LogP contribution is 2.11. The van der Waals surface area contributed by atoms with Gasteiger partial charge in [0.05, 0.1) is 11.4 Å². The highest BCUT2D eigenvalue weighted by Gasteiger charge is 2.28. The highest BCUT2D eigenvalue weighted by atomic mass is 32.1. The van der Waals surface area contributed by atoms with E-state index in [0.29, 0.717) is 37.6 Å². The van der Waals surface area contributed by atoms with Crippen LogP contribution in [0.1, 0.15) is 29.4 Å². The smallest absolute Gasteiger partial charge is 0.261 e. The molecule has 2 saturated heterocycles. The zero-order chi connectivity index (χ0) is 18.5. The Balaban J connectivity index is 1.42. The number of hydrogen-bond donors (Lipinski definition) is 1. The standard InChI is InChI=1S/C18H26N4O3S/c1-14(19-17(24)15-5-4-12-26-15)18(25)22-10-8-20(9-11-22)13-16(23)21-6-2-3-7-21/h4-5,12,14H,2-3,6-11,13H2,1H3,(H,19,24). The van der Waals surface area contributed by atoms with Crippen LogP contribution in [-0.2, 0) is 9.59 Å². The summed E-state index contributed by atoms with van der Waals surface area (Å²) in [5.41, 5.74) is 0. The second-order valence-electron chi connectivity index (χ2n) is 6.86. The Morgan fingerprint density at radius 1 is 1.08 bits per heavy atom. The van der Waals surface area contributed by atoms with Crippen LogP contribution in [0.3, 0.4) is 0 Å². The van der Waals surface area contributed by atoms with Crippen LogP contribution in [0.4, 0.5) is 0 Å². The van der Waals surface area contributed by atoms with E-state index in [-0.39, 0.29) is 17.7 Å². The summed E-state index contributed by atoms with van der Waals surface area (Å²) in [7, 11) is 0. The van der Waals surface area contributed by atoms with Gasteiger partial charge in [-0.05, 0) is 31.2 Å². The fourth-order valence-corrected chi connectivity index (χ4v) is 4.02. The molecule has 7 nitrogen and oxygen atoms in total. The second-order valence-corrected chi connectivity index (χ2v) is 7.81. The molecule has 3 rings (SSSR count). The van der Waals surface area contributed by atoms with Crippen molar-refractivity contribution in [2.24, 2.45) is 0 Å². The molecule has 1 aromatic heterocycles. The minimum Gasteiger partial charge on any atom is -0.342 e. The van der Waals surface area contributed by atoms with E-state index in [1.165, 1.54) is 11.3 Å². The molecule has 1 atom stereocenters. The summed E-state index contributed by atoms with van der Waals surface area (Å²) in [5, 5.41) is 4.60. The van der Waals surface area contributed by atoms with Gasteiger partial charge < -0.3 is 15.1 Å². The van der Waals surface area contributed by atoms with E-state index in [0.717, 1.165) is 25.9 Å². The van der Waals surface area contributed by atoms with Gasteiger partial charge in [-0.1, -0.05) is 6.07 Å². The van der Waals surface area contributed by atoms with Gasteiger partial charge in [0.1, 0.15) is 6.04 Å². The molecular weight excluding hydrogens is 352 g/mol. The van der Waals surface area contributed by atoms with E-state index in [9.17, 15) is 14.4 Å². The lowest BCUT2D eigenvalue weighted by Crippen LogP contribution is -2.55. The largest absolute Gasteiger partial charge is 0.342 e. The second kappa shape index (κ2) is 8.64. The molecule has 1 unspecified atom stereocenters. The first kappa shape index (κ1) is 18.8. The average molecular weight is 378 g/mol. The highest BCUT2D eigenvalue weighted by molar-refractivity contribution is 7.12. The quantitative estimate of drug-likeness (QED) is 0.816. The lowest BCUT2D eigenvalue weighted by atomic mass is 10.2. The number of nitrogens with zero attached hydrogens (tertiary/aromatic N) is 3. The Hall–Kier alpha value is -1.93. The van der Waals surface area contributed by atoms with Crippen LogP contribution < -0.4 is 5.32 Å². The number of carbonyl (C=O) groups excluding carboxylic acids is 3. The van der Waals surface area contributed by atoms with E-state index in [4.69, 9.17) is 0 Å². The SMILES string of the molecule is CC(NC(=O)c1cccs1)C(=O)N1CCN(CC(=O)N2CCCC2)CC1. The fourth-order valence-electron chi connectivity index (χ4n) is 3.40. The molecule has 1 N–H and O–H groups in total. The third-order valence-corrected chi connectivity index (χ3v) is 5.83. The number of thiophene rings is 1. The Labute approximate surface area is 157 Å². The maximum Gasteiger partial charge on any atom is 0.261 e. The molecule has 1 aromatic rings. The minimum atomic E-state index is -0.553. The predicted molar refractivity (Wildman–Crippen MR) is 100 cm³/mol. The molecule has 2 fully saturated rings. The average Bonchev–Trinajstić information content (AvgIpc) is 3.35. The van der Waals surface area contributed by atoms with Gasteiger partial charge >= 0.3 is 0 Å². The molecule has 3 amide bonds. The third-order valence-electron chi connectivity index (χ3n) is 4.96. The van der Waals surface area contributed by atoms with Gasteiger partial charge in [0, 0.05) is 39.3 Å². The first-order valence-corrected chi connectivity index (χ1v) is 10.1. The van der Waals surface area contributed by atoms with Crippen LogP contribution in [0.5, 0.6) is 0 Å². The van der Waals surface area contributed by atoms with E-state index in [1.54, 1.807) is 17.9 Å². The lowest BCUT2D eigenvalue weighted by molar-refractivity contribution is -0.135. The normalized spacial score (nSPS) is 19.4. The first-order chi connectivity index (χ1) is 12.5. The Bertz CT molecular complexity index is 635. The molecule has 3 heterocycles. The van der Waals surface area contributed by atoms with Crippen molar-refractivity contribution in [3.05, 3.63) is 22.4 Å². The summed E-state index contributed by atoms with van der Waals surface area (Å²) in [4.78, 5) is 43.3. The van der Waals surface area contributed by atoms with E-state index >= 15 is 0 Å². The van der Waals surface area contributed by atoms with Gasteiger partial charge in [-0.2, -0.15) is 0 Å². The van der Waals surface area contributed by atoms with Crippen molar-refractivity contribution in [2.45, 2.75) is 25.8 Å². The van der Waals surface area contributed by atoms with Crippen molar-refractivity contribution in [3.8, 4) is 0 Å².